The molecular formula is C23H23F2N3O2. The van der Waals surface area contributed by atoms with Crippen LogP contribution in [-0.2, 0) is 11.2 Å². The Kier molecular flexibility index (Phi) is 5.53. The van der Waals surface area contributed by atoms with Crippen LogP contribution in [0.1, 0.15) is 28.0 Å². The standard InChI is InChI=1S/C23H23F2N3O2/c1-15-18(19-13-16(24)7-8-21(19)26-15)14-22(29)27-9-4-10-28(12-11-27)23(30)17-5-2-3-6-20(17)25/h2-3,5-8,13,26H,4,9-12,14H2,1H3. The zero-order valence-electron chi connectivity index (χ0n) is 16.8. The Hall–Kier alpha value is -3.22. The van der Waals surface area contributed by atoms with Crippen molar-refractivity contribution in [2.24, 2.45) is 0 Å². The van der Waals surface area contributed by atoms with Crippen molar-refractivity contribution >= 4 is 22.7 Å². The van der Waals surface area contributed by atoms with Gasteiger partial charge in [0.05, 0.1) is 12.0 Å². The molecule has 7 heteroatoms. The van der Waals surface area contributed by atoms with Crippen molar-refractivity contribution in [2.45, 2.75) is 19.8 Å². The molecule has 2 amide bonds. The van der Waals surface area contributed by atoms with Gasteiger partial charge in [-0.2, -0.15) is 0 Å². The molecule has 2 heterocycles. The van der Waals surface area contributed by atoms with Crippen LogP contribution in [0.2, 0.25) is 0 Å². The van der Waals surface area contributed by atoms with Crippen molar-refractivity contribution in [3.8, 4) is 0 Å². The van der Waals surface area contributed by atoms with Crippen LogP contribution in [0.3, 0.4) is 0 Å². The molecule has 2 aromatic carbocycles. The third-order valence-electron chi connectivity index (χ3n) is 5.65. The summed E-state index contributed by atoms with van der Waals surface area (Å²) >= 11 is 0. The molecular weight excluding hydrogens is 388 g/mol. The van der Waals surface area contributed by atoms with Crippen molar-refractivity contribution in [2.75, 3.05) is 26.2 Å². The lowest BCUT2D eigenvalue weighted by Crippen LogP contribution is -2.38. The predicted molar refractivity (Wildman–Crippen MR) is 110 cm³/mol. The van der Waals surface area contributed by atoms with Crippen LogP contribution in [-0.4, -0.2) is 52.8 Å². The number of benzene rings is 2. The summed E-state index contributed by atoms with van der Waals surface area (Å²) in [5, 5.41) is 0.715. The number of amides is 2. The lowest BCUT2D eigenvalue weighted by Gasteiger charge is -2.22. The molecule has 1 saturated heterocycles. The molecule has 0 atom stereocenters. The first-order valence-electron chi connectivity index (χ1n) is 10.0. The van der Waals surface area contributed by atoms with Gasteiger partial charge in [0.1, 0.15) is 11.6 Å². The van der Waals surface area contributed by atoms with Crippen LogP contribution in [0.25, 0.3) is 10.9 Å². The van der Waals surface area contributed by atoms with E-state index in [9.17, 15) is 18.4 Å². The first kappa shape index (κ1) is 20.1. The minimum Gasteiger partial charge on any atom is -0.358 e. The smallest absolute Gasteiger partial charge is 0.256 e. The Bertz CT molecular complexity index is 1110. The highest BCUT2D eigenvalue weighted by atomic mass is 19.1. The molecule has 0 bridgehead atoms. The summed E-state index contributed by atoms with van der Waals surface area (Å²) in [7, 11) is 0. The summed E-state index contributed by atoms with van der Waals surface area (Å²) in [5.74, 6) is -1.30. The minimum atomic E-state index is -0.540. The molecule has 3 aromatic rings. The zero-order chi connectivity index (χ0) is 21.3. The molecule has 1 fully saturated rings. The molecule has 0 radical (unpaired) electrons. The predicted octanol–water partition coefficient (Wildman–Crippen LogP) is 3.67. The lowest BCUT2D eigenvalue weighted by atomic mass is 10.1. The highest BCUT2D eigenvalue weighted by Gasteiger charge is 2.25. The Labute approximate surface area is 173 Å². The summed E-state index contributed by atoms with van der Waals surface area (Å²) in [5.41, 5.74) is 2.48. The summed E-state index contributed by atoms with van der Waals surface area (Å²) < 4.78 is 27.7. The van der Waals surface area contributed by atoms with Crippen LogP contribution in [0.5, 0.6) is 0 Å². The number of nitrogens with zero attached hydrogens (tertiary/aromatic N) is 2. The summed E-state index contributed by atoms with van der Waals surface area (Å²) in [6.45, 7) is 3.59. The second kappa shape index (κ2) is 8.26. The van der Waals surface area contributed by atoms with Crippen LogP contribution < -0.4 is 0 Å². The number of nitrogens with one attached hydrogen (secondary N) is 1. The number of H-pyrrole nitrogens is 1. The van der Waals surface area contributed by atoms with E-state index in [-0.39, 0.29) is 29.6 Å². The minimum absolute atomic E-state index is 0.0497. The average molecular weight is 411 g/mol. The number of aromatic nitrogens is 1. The van der Waals surface area contributed by atoms with Crippen molar-refractivity contribution in [1.82, 2.24) is 14.8 Å². The molecule has 156 valence electrons. The molecule has 1 aliphatic heterocycles. The molecule has 1 aromatic heterocycles. The van der Waals surface area contributed by atoms with E-state index in [0.717, 1.165) is 16.8 Å². The third-order valence-corrected chi connectivity index (χ3v) is 5.65. The third kappa shape index (κ3) is 3.92. The maximum Gasteiger partial charge on any atom is 0.256 e. The molecule has 0 aliphatic carbocycles. The van der Waals surface area contributed by atoms with Gasteiger partial charge < -0.3 is 14.8 Å². The second-order valence-corrected chi connectivity index (χ2v) is 7.60. The highest BCUT2D eigenvalue weighted by Crippen LogP contribution is 2.24. The Balaban J connectivity index is 1.46. The Morgan fingerprint density at radius 2 is 1.73 bits per heavy atom. The van der Waals surface area contributed by atoms with Gasteiger partial charge in [0.25, 0.3) is 5.91 Å². The molecule has 30 heavy (non-hydrogen) atoms. The highest BCUT2D eigenvalue weighted by molar-refractivity contribution is 5.94. The molecule has 1 aliphatic rings. The fourth-order valence-corrected chi connectivity index (χ4v) is 4.02. The number of carbonyl (C=O) groups excluding carboxylic acids is 2. The van der Waals surface area contributed by atoms with E-state index in [1.807, 2.05) is 6.92 Å². The quantitative estimate of drug-likeness (QED) is 0.715. The molecule has 0 saturated carbocycles. The maximum absolute atomic E-state index is 14.0. The monoisotopic (exact) mass is 411 g/mol. The van der Waals surface area contributed by atoms with E-state index >= 15 is 0 Å². The largest absolute Gasteiger partial charge is 0.358 e. The van der Waals surface area contributed by atoms with Crippen LogP contribution in [0.15, 0.2) is 42.5 Å². The molecule has 1 N–H and O–H groups in total. The van der Waals surface area contributed by atoms with Gasteiger partial charge in [-0.3, -0.25) is 9.59 Å². The summed E-state index contributed by atoms with van der Waals surface area (Å²) in [6.07, 6.45) is 0.782. The SMILES string of the molecule is Cc1[nH]c2ccc(F)cc2c1CC(=O)N1CCCN(C(=O)c2ccccc2F)CC1. The zero-order valence-corrected chi connectivity index (χ0v) is 16.8. The first-order valence-corrected chi connectivity index (χ1v) is 10.0. The van der Waals surface area contributed by atoms with E-state index < -0.39 is 5.82 Å². The molecule has 0 spiro atoms. The van der Waals surface area contributed by atoms with Crippen LogP contribution in [0, 0.1) is 18.6 Å². The number of hydrogen-bond acceptors (Lipinski definition) is 2. The average Bonchev–Trinajstić information content (AvgIpc) is 2.90. The number of fused-ring (bicyclic) bond motifs is 1. The van der Waals surface area contributed by atoms with E-state index in [2.05, 4.69) is 4.98 Å². The first-order chi connectivity index (χ1) is 14.4. The molecule has 0 unspecified atom stereocenters. The topological polar surface area (TPSA) is 56.4 Å². The van der Waals surface area contributed by atoms with Gasteiger partial charge in [-0.25, -0.2) is 8.78 Å². The number of aryl methyl sites for hydroxylation is 1. The Morgan fingerprint density at radius 3 is 2.53 bits per heavy atom. The Morgan fingerprint density at radius 1 is 1.00 bits per heavy atom. The van der Waals surface area contributed by atoms with Gasteiger partial charge in [-0.15, -0.1) is 0 Å². The molecule has 4 rings (SSSR count). The second-order valence-electron chi connectivity index (χ2n) is 7.60. The summed E-state index contributed by atoms with van der Waals surface area (Å²) in [4.78, 5) is 32.1. The van der Waals surface area contributed by atoms with Gasteiger partial charge in [-0.05, 0) is 49.2 Å². The van der Waals surface area contributed by atoms with Gasteiger partial charge >= 0.3 is 0 Å². The van der Waals surface area contributed by atoms with Gasteiger partial charge in [0.15, 0.2) is 0 Å². The number of rotatable bonds is 3. The maximum atomic E-state index is 14.0. The lowest BCUT2D eigenvalue weighted by molar-refractivity contribution is -0.130. The van der Waals surface area contributed by atoms with E-state index in [1.165, 1.54) is 24.3 Å². The normalized spacial score (nSPS) is 14.8. The number of aromatic amines is 1. The number of carbonyl (C=O) groups is 2. The van der Waals surface area contributed by atoms with Gasteiger partial charge in [0, 0.05) is 42.8 Å². The van der Waals surface area contributed by atoms with Gasteiger partial charge in [-0.1, -0.05) is 12.1 Å². The van der Waals surface area contributed by atoms with E-state index in [4.69, 9.17) is 0 Å². The van der Waals surface area contributed by atoms with Crippen molar-refractivity contribution in [3.63, 3.8) is 0 Å². The van der Waals surface area contributed by atoms with E-state index in [1.54, 1.807) is 28.0 Å². The van der Waals surface area contributed by atoms with Gasteiger partial charge in [0.2, 0.25) is 5.91 Å². The fourth-order valence-electron chi connectivity index (χ4n) is 4.02. The number of hydrogen-bond donors (Lipinski definition) is 1. The van der Waals surface area contributed by atoms with E-state index in [0.29, 0.717) is 38.0 Å². The van der Waals surface area contributed by atoms with Crippen molar-refractivity contribution in [1.29, 1.82) is 0 Å². The number of halogens is 2. The van der Waals surface area contributed by atoms with Crippen LogP contribution >= 0.6 is 0 Å². The molecule has 5 nitrogen and oxygen atoms in total. The van der Waals surface area contributed by atoms with Crippen molar-refractivity contribution < 1.29 is 18.4 Å². The van der Waals surface area contributed by atoms with Crippen LogP contribution in [0.4, 0.5) is 8.78 Å². The fraction of sp³-hybridized carbons (Fsp3) is 0.304. The summed E-state index contributed by atoms with van der Waals surface area (Å²) in [6, 6.07) is 10.4. The van der Waals surface area contributed by atoms with Crippen molar-refractivity contribution in [3.05, 3.63) is 70.9 Å².